The van der Waals surface area contributed by atoms with Gasteiger partial charge in [0.05, 0.1) is 21.2 Å². The number of benzene rings is 2. The number of hydrogen-bond acceptors (Lipinski definition) is 1. The molecule has 0 radical (unpaired) electrons. The summed E-state index contributed by atoms with van der Waals surface area (Å²) in [6.07, 6.45) is -0.760. The maximum Gasteiger partial charge on any atom is 0.147 e. The van der Waals surface area contributed by atoms with Gasteiger partial charge in [0.1, 0.15) is 5.82 Å². The van der Waals surface area contributed by atoms with Gasteiger partial charge in [-0.15, -0.1) is 0 Å². The minimum atomic E-state index is -0.990. The van der Waals surface area contributed by atoms with Crippen molar-refractivity contribution >= 4 is 34.8 Å². The maximum atomic E-state index is 13.8. The van der Waals surface area contributed by atoms with Crippen LogP contribution in [0.3, 0.4) is 0 Å². The van der Waals surface area contributed by atoms with Crippen molar-refractivity contribution in [2.45, 2.75) is 12.5 Å². The third-order valence-corrected chi connectivity index (χ3v) is 3.78. The van der Waals surface area contributed by atoms with Gasteiger partial charge in [0.25, 0.3) is 0 Å². The lowest BCUT2D eigenvalue weighted by Crippen LogP contribution is -2.04. The number of hydrogen-bond donors (Lipinski definition) is 1. The Balaban J connectivity index is 2.23. The van der Waals surface area contributed by atoms with Crippen LogP contribution in [0.1, 0.15) is 17.2 Å². The summed E-state index contributed by atoms with van der Waals surface area (Å²) in [5.41, 5.74) is 0.930. The largest absolute Gasteiger partial charge is 0.388 e. The molecule has 0 aliphatic rings. The molecule has 1 atom stereocenters. The predicted molar refractivity (Wildman–Crippen MR) is 76.5 cm³/mol. The van der Waals surface area contributed by atoms with E-state index in [1.54, 1.807) is 24.3 Å². The summed E-state index contributed by atoms with van der Waals surface area (Å²) in [5, 5.41) is 10.9. The highest BCUT2D eigenvalue weighted by Crippen LogP contribution is 2.28. The van der Waals surface area contributed by atoms with Crippen LogP contribution in [0, 0.1) is 5.82 Å². The molecule has 2 aromatic carbocycles. The highest BCUT2D eigenvalue weighted by Gasteiger charge is 2.15. The predicted octanol–water partition coefficient (Wildman–Crippen LogP) is 5.06. The lowest BCUT2D eigenvalue weighted by molar-refractivity contribution is 0.173. The summed E-state index contributed by atoms with van der Waals surface area (Å²) in [4.78, 5) is 0. The SMILES string of the molecule is OC(Cc1ccc(Cl)c(Cl)c1)c1cccc(Cl)c1F. The molecule has 2 aromatic rings. The average Bonchev–Trinajstić information content (AvgIpc) is 2.37. The molecule has 0 aliphatic carbocycles. The first kappa shape index (κ1) is 14.6. The quantitative estimate of drug-likeness (QED) is 0.838. The number of aliphatic hydroxyl groups excluding tert-OH is 1. The maximum absolute atomic E-state index is 13.8. The Hall–Kier alpha value is -0.800. The first-order valence-electron chi connectivity index (χ1n) is 5.55. The highest BCUT2D eigenvalue weighted by molar-refractivity contribution is 6.42. The molecule has 0 saturated carbocycles. The van der Waals surface area contributed by atoms with Gasteiger partial charge in [-0.1, -0.05) is 53.0 Å². The lowest BCUT2D eigenvalue weighted by atomic mass is 10.0. The van der Waals surface area contributed by atoms with Crippen LogP contribution in [0.4, 0.5) is 4.39 Å². The molecule has 0 spiro atoms. The van der Waals surface area contributed by atoms with Crippen molar-refractivity contribution in [3.05, 3.63) is 68.4 Å². The summed E-state index contributed by atoms with van der Waals surface area (Å²) in [6, 6.07) is 9.56. The van der Waals surface area contributed by atoms with E-state index < -0.39 is 11.9 Å². The molecule has 0 heterocycles. The Morgan fingerprint density at radius 1 is 1.00 bits per heavy atom. The van der Waals surface area contributed by atoms with Crippen molar-refractivity contribution in [1.29, 1.82) is 0 Å². The molecule has 0 aliphatic heterocycles. The average molecular weight is 320 g/mol. The van der Waals surface area contributed by atoms with Crippen LogP contribution in [0.5, 0.6) is 0 Å². The van der Waals surface area contributed by atoms with E-state index >= 15 is 0 Å². The smallest absolute Gasteiger partial charge is 0.147 e. The van der Waals surface area contributed by atoms with Crippen molar-refractivity contribution in [3.63, 3.8) is 0 Å². The second-order valence-corrected chi connectivity index (χ2v) is 5.33. The normalized spacial score (nSPS) is 12.5. The zero-order valence-electron chi connectivity index (χ0n) is 9.71. The zero-order chi connectivity index (χ0) is 14.0. The van der Waals surface area contributed by atoms with Gasteiger partial charge in [-0.2, -0.15) is 0 Å². The van der Waals surface area contributed by atoms with E-state index in [1.807, 2.05) is 0 Å². The van der Waals surface area contributed by atoms with Gasteiger partial charge in [0.2, 0.25) is 0 Å². The summed E-state index contributed by atoms with van der Waals surface area (Å²) in [5.74, 6) is -0.600. The van der Waals surface area contributed by atoms with Gasteiger partial charge in [0.15, 0.2) is 0 Å². The van der Waals surface area contributed by atoms with E-state index in [9.17, 15) is 9.50 Å². The van der Waals surface area contributed by atoms with Crippen LogP contribution >= 0.6 is 34.8 Å². The fraction of sp³-hybridized carbons (Fsp3) is 0.143. The van der Waals surface area contributed by atoms with E-state index in [4.69, 9.17) is 34.8 Å². The second-order valence-electron chi connectivity index (χ2n) is 4.11. The topological polar surface area (TPSA) is 20.2 Å². The van der Waals surface area contributed by atoms with Crippen LogP contribution in [0.25, 0.3) is 0 Å². The first-order chi connectivity index (χ1) is 8.99. The number of rotatable bonds is 3. The summed E-state index contributed by atoms with van der Waals surface area (Å²) < 4.78 is 13.8. The molecule has 1 nitrogen and oxygen atoms in total. The van der Waals surface area contributed by atoms with Gasteiger partial charge >= 0.3 is 0 Å². The number of halogens is 4. The molecule has 1 unspecified atom stereocenters. The molecule has 100 valence electrons. The molecule has 19 heavy (non-hydrogen) atoms. The molecule has 0 bridgehead atoms. The molecule has 0 amide bonds. The molecule has 2 rings (SSSR count). The third-order valence-electron chi connectivity index (χ3n) is 2.75. The fourth-order valence-electron chi connectivity index (χ4n) is 1.78. The van der Waals surface area contributed by atoms with E-state index in [1.165, 1.54) is 12.1 Å². The second kappa shape index (κ2) is 6.10. The van der Waals surface area contributed by atoms with Gasteiger partial charge in [-0.25, -0.2) is 4.39 Å². The van der Waals surface area contributed by atoms with E-state index in [0.717, 1.165) is 5.56 Å². The third kappa shape index (κ3) is 3.40. The van der Waals surface area contributed by atoms with Crippen LogP contribution in [-0.2, 0) is 6.42 Å². The van der Waals surface area contributed by atoms with Crippen LogP contribution in [-0.4, -0.2) is 5.11 Å². The molecular weight excluding hydrogens is 310 g/mol. The molecule has 0 fully saturated rings. The monoisotopic (exact) mass is 318 g/mol. The standard InChI is InChI=1S/C14H10Cl3FO/c15-10-5-4-8(6-12(10)17)7-13(19)9-2-1-3-11(16)14(9)18/h1-6,13,19H,7H2. The lowest BCUT2D eigenvalue weighted by Gasteiger charge is -2.13. The van der Waals surface area contributed by atoms with E-state index in [2.05, 4.69) is 0 Å². The Kier molecular flexibility index (Phi) is 4.69. The molecule has 5 heteroatoms. The van der Waals surface area contributed by atoms with Gasteiger partial charge < -0.3 is 5.11 Å². The van der Waals surface area contributed by atoms with Crippen LogP contribution in [0.15, 0.2) is 36.4 Å². The van der Waals surface area contributed by atoms with Crippen LogP contribution in [0.2, 0.25) is 15.1 Å². The summed E-state index contributed by atoms with van der Waals surface area (Å²) in [6.45, 7) is 0. The minimum Gasteiger partial charge on any atom is -0.388 e. The Labute approximate surface area is 125 Å². The Morgan fingerprint density at radius 2 is 1.74 bits per heavy atom. The molecule has 1 N–H and O–H groups in total. The van der Waals surface area contributed by atoms with Crippen molar-refractivity contribution < 1.29 is 9.50 Å². The fourth-order valence-corrected chi connectivity index (χ4v) is 2.28. The minimum absolute atomic E-state index is 0.00862. The van der Waals surface area contributed by atoms with Crippen molar-refractivity contribution in [3.8, 4) is 0 Å². The molecule has 0 aromatic heterocycles. The zero-order valence-corrected chi connectivity index (χ0v) is 12.0. The number of aliphatic hydroxyl groups is 1. The van der Waals surface area contributed by atoms with Crippen molar-refractivity contribution in [1.82, 2.24) is 0 Å². The van der Waals surface area contributed by atoms with Gasteiger partial charge in [-0.3, -0.25) is 0 Å². The Bertz CT molecular complexity index is 601. The van der Waals surface area contributed by atoms with Crippen molar-refractivity contribution in [2.24, 2.45) is 0 Å². The molecular formula is C14H10Cl3FO. The summed E-state index contributed by atoms with van der Waals surface area (Å²) >= 11 is 17.4. The van der Waals surface area contributed by atoms with Crippen molar-refractivity contribution in [2.75, 3.05) is 0 Å². The van der Waals surface area contributed by atoms with Crippen LogP contribution < -0.4 is 0 Å². The van der Waals surface area contributed by atoms with Gasteiger partial charge in [0, 0.05) is 12.0 Å². The summed E-state index contributed by atoms with van der Waals surface area (Å²) in [7, 11) is 0. The van der Waals surface area contributed by atoms with E-state index in [-0.39, 0.29) is 17.0 Å². The molecule has 0 saturated heterocycles. The Morgan fingerprint density at radius 3 is 2.42 bits per heavy atom. The highest BCUT2D eigenvalue weighted by atomic mass is 35.5. The van der Waals surface area contributed by atoms with Gasteiger partial charge in [-0.05, 0) is 23.8 Å². The van der Waals surface area contributed by atoms with E-state index in [0.29, 0.717) is 10.0 Å². The first-order valence-corrected chi connectivity index (χ1v) is 6.68.